The van der Waals surface area contributed by atoms with Crippen LogP contribution in [0.15, 0.2) is 48.5 Å². The molecule has 0 unspecified atom stereocenters. The van der Waals surface area contributed by atoms with Gasteiger partial charge in [0.15, 0.2) is 0 Å². The Labute approximate surface area is 200 Å². The van der Waals surface area contributed by atoms with Gasteiger partial charge in [-0.25, -0.2) is 4.79 Å². The highest BCUT2D eigenvalue weighted by Gasteiger charge is 2.43. The van der Waals surface area contributed by atoms with Gasteiger partial charge < -0.3 is 20.1 Å². The molecule has 0 atom stereocenters. The second-order valence-electron chi connectivity index (χ2n) is 10.3. The molecule has 0 aliphatic heterocycles. The van der Waals surface area contributed by atoms with Gasteiger partial charge in [-0.2, -0.15) is 0 Å². The number of carbonyl (C=O) groups is 3. The Balaban J connectivity index is 1.41. The first-order chi connectivity index (χ1) is 16.1. The van der Waals surface area contributed by atoms with Gasteiger partial charge in [-0.15, -0.1) is 0 Å². The maximum absolute atomic E-state index is 13.0. The minimum atomic E-state index is -1.06. The lowest BCUT2D eigenvalue weighted by Crippen LogP contribution is -2.58. The molecule has 34 heavy (non-hydrogen) atoms. The lowest BCUT2D eigenvalue weighted by atomic mass is 9.74. The van der Waals surface area contributed by atoms with Crippen molar-refractivity contribution in [1.82, 2.24) is 10.2 Å². The Hall–Kier alpha value is -3.35. The van der Waals surface area contributed by atoms with Crippen LogP contribution in [0.25, 0.3) is 11.1 Å². The lowest BCUT2D eigenvalue weighted by Gasteiger charge is -2.44. The van der Waals surface area contributed by atoms with Gasteiger partial charge in [0.1, 0.15) is 13.2 Å². The van der Waals surface area contributed by atoms with Crippen LogP contribution in [0.2, 0.25) is 0 Å². The van der Waals surface area contributed by atoms with Gasteiger partial charge in [0.05, 0.1) is 12.0 Å². The smallest absolute Gasteiger partial charge is 0.407 e. The summed E-state index contributed by atoms with van der Waals surface area (Å²) in [5.41, 5.74) is 3.27. The molecule has 2 aromatic carbocycles. The van der Waals surface area contributed by atoms with Gasteiger partial charge in [-0.3, -0.25) is 9.59 Å². The molecule has 2 amide bonds. The molecular formula is C27H32N2O5. The summed E-state index contributed by atoms with van der Waals surface area (Å²) in [6, 6.07) is 16.3. The van der Waals surface area contributed by atoms with Crippen LogP contribution in [0, 0.1) is 0 Å². The number of nitrogens with one attached hydrogen (secondary N) is 1. The van der Waals surface area contributed by atoms with Crippen LogP contribution in [0.3, 0.4) is 0 Å². The third kappa shape index (κ3) is 4.79. The summed E-state index contributed by atoms with van der Waals surface area (Å²) in [5.74, 6) is -1.38. The number of ether oxygens (including phenoxy) is 1. The van der Waals surface area contributed by atoms with Crippen molar-refractivity contribution in [3.05, 3.63) is 59.7 Å². The standard InChI is InChI=1S/C27H32N2O5/c1-26(2,3)29(16-24(31)32)23(30)15-27(13-8-14-27)28-25(33)34-17-22-20-11-6-4-9-18(20)19-10-5-7-12-21(19)22/h4-7,9-12,22H,8,13-17H2,1-3H3,(H,28,33)(H,31,32). The number of fused-ring (bicyclic) bond motifs is 3. The maximum Gasteiger partial charge on any atom is 0.407 e. The predicted molar refractivity (Wildman–Crippen MR) is 129 cm³/mol. The van der Waals surface area contributed by atoms with Crippen molar-refractivity contribution in [3.8, 4) is 11.1 Å². The number of amides is 2. The molecule has 0 spiro atoms. The Bertz CT molecular complexity index is 1050. The highest BCUT2D eigenvalue weighted by molar-refractivity contribution is 5.84. The predicted octanol–water partition coefficient (Wildman–Crippen LogP) is 4.55. The zero-order valence-corrected chi connectivity index (χ0v) is 20.0. The van der Waals surface area contributed by atoms with Crippen molar-refractivity contribution < 1.29 is 24.2 Å². The first-order valence-electron chi connectivity index (χ1n) is 11.8. The molecule has 1 fully saturated rings. The van der Waals surface area contributed by atoms with Gasteiger partial charge in [0.25, 0.3) is 0 Å². The van der Waals surface area contributed by atoms with E-state index in [0.29, 0.717) is 12.8 Å². The van der Waals surface area contributed by atoms with Gasteiger partial charge >= 0.3 is 12.1 Å². The second kappa shape index (κ2) is 9.12. The van der Waals surface area contributed by atoms with E-state index in [-0.39, 0.29) is 31.4 Å². The van der Waals surface area contributed by atoms with Gasteiger partial charge in [-0.05, 0) is 62.3 Å². The molecule has 0 heterocycles. The number of carboxylic acid groups (broad SMARTS) is 1. The molecule has 7 nitrogen and oxygen atoms in total. The summed E-state index contributed by atoms with van der Waals surface area (Å²) in [7, 11) is 0. The molecule has 4 rings (SSSR count). The molecule has 2 N–H and O–H groups in total. The Morgan fingerprint density at radius 3 is 2.06 bits per heavy atom. The van der Waals surface area contributed by atoms with Crippen molar-refractivity contribution in [2.75, 3.05) is 13.2 Å². The van der Waals surface area contributed by atoms with Gasteiger partial charge in [0, 0.05) is 11.5 Å². The average Bonchev–Trinajstić information content (AvgIpc) is 3.07. The van der Waals surface area contributed by atoms with E-state index in [1.807, 2.05) is 24.3 Å². The Kier molecular flexibility index (Phi) is 6.39. The van der Waals surface area contributed by atoms with Gasteiger partial charge in [0.2, 0.25) is 5.91 Å². The van der Waals surface area contributed by atoms with Gasteiger partial charge in [-0.1, -0.05) is 48.5 Å². The number of aliphatic carboxylic acids is 1. The van der Waals surface area contributed by atoms with Crippen molar-refractivity contribution in [2.45, 2.75) is 63.5 Å². The monoisotopic (exact) mass is 464 g/mol. The lowest BCUT2D eigenvalue weighted by molar-refractivity contribution is -0.149. The van der Waals surface area contributed by atoms with E-state index in [1.165, 1.54) is 4.90 Å². The number of carboxylic acids is 1. The maximum atomic E-state index is 13.0. The topological polar surface area (TPSA) is 95.9 Å². The van der Waals surface area contributed by atoms with E-state index in [1.54, 1.807) is 20.8 Å². The van der Waals surface area contributed by atoms with E-state index in [9.17, 15) is 19.5 Å². The number of nitrogens with zero attached hydrogens (tertiary/aromatic N) is 1. The Morgan fingerprint density at radius 2 is 1.59 bits per heavy atom. The van der Waals surface area contributed by atoms with Crippen LogP contribution in [-0.4, -0.2) is 52.2 Å². The summed E-state index contributed by atoms with van der Waals surface area (Å²) in [5, 5.41) is 12.2. The summed E-state index contributed by atoms with van der Waals surface area (Å²) in [6.07, 6.45) is 1.73. The molecular weight excluding hydrogens is 432 g/mol. The number of alkyl carbamates (subject to hydrolysis) is 1. The van der Waals surface area contributed by atoms with Crippen LogP contribution in [0.4, 0.5) is 4.79 Å². The SMILES string of the molecule is CC(C)(C)N(CC(=O)O)C(=O)CC1(NC(=O)OCC2c3ccccc3-c3ccccc32)CCC1. The number of hydrogen-bond donors (Lipinski definition) is 2. The highest BCUT2D eigenvalue weighted by Crippen LogP contribution is 2.44. The first-order valence-corrected chi connectivity index (χ1v) is 11.8. The van der Waals surface area contributed by atoms with Crippen LogP contribution in [0.5, 0.6) is 0 Å². The molecule has 7 heteroatoms. The summed E-state index contributed by atoms with van der Waals surface area (Å²) in [4.78, 5) is 38.5. The van der Waals surface area contributed by atoms with E-state index in [2.05, 4.69) is 29.6 Å². The molecule has 1 saturated carbocycles. The summed E-state index contributed by atoms with van der Waals surface area (Å²) < 4.78 is 5.68. The molecule has 2 aliphatic rings. The zero-order valence-electron chi connectivity index (χ0n) is 20.0. The molecule has 180 valence electrons. The number of benzene rings is 2. The van der Waals surface area contributed by atoms with E-state index < -0.39 is 23.1 Å². The molecule has 0 saturated heterocycles. The third-order valence-electron chi connectivity index (χ3n) is 6.92. The minimum Gasteiger partial charge on any atom is -0.480 e. The van der Waals surface area contributed by atoms with E-state index in [4.69, 9.17) is 4.74 Å². The molecule has 0 bridgehead atoms. The third-order valence-corrected chi connectivity index (χ3v) is 6.92. The van der Waals surface area contributed by atoms with Crippen LogP contribution >= 0.6 is 0 Å². The second-order valence-corrected chi connectivity index (χ2v) is 10.3. The molecule has 2 aliphatic carbocycles. The fraction of sp³-hybridized carbons (Fsp3) is 0.444. The zero-order chi connectivity index (χ0) is 24.5. The largest absolute Gasteiger partial charge is 0.480 e. The quantitative estimate of drug-likeness (QED) is 0.627. The van der Waals surface area contributed by atoms with E-state index in [0.717, 1.165) is 28.7 Å². The number of carbonyl (C=O) groups excluding carboxylic acids is 2. The van der Waals surface area contributed by atoms with Crippen molar-refractivity contribution in [1.29, 1.82) is 0 Å². The molecule has 0 aromatic heterocycles. The normalized spacial score (nSPS) is 16.1. The summed E-state index contributed by atoms with van der Waals surface area (Å²) in [6.45, 7) is 5.25. The van der Waals surface area contributed by atoms with Crippen molar-refractivity contribution >= 4 is 18.0 Å². The number of hydrogen-bond acceptors (Lipinski definition) is 4. The molecule has 0 radical (unpaired) electrons. The number of rotatable bonds is 7. The fourth-order valence-electron chi connectivity index (χ4n) is 5.02. The van der Waals surface area contributed by atoms with Crippen molar-refractivity contribution in [3.63, 3.8) is 0 Å². The Morgan fingerprint density at radius 1 is 1.03 bits per heavy atom. The first kappa shape index (κ1) is 23.8. The molecule has 2 aromatic rings. The van der Waals surface area contributed by atoms with E-state index >= 15 is 0 Å². The van der Waals surface area contributed by atoms with Crippen LogP contribution in [-0.2, 0) is 14.3 Å². The van der Waals surface area contributed by atoms with Crippen molar-refractivity contribution in [2.24, 2.45) is 0 Å². The average molecular weight is 465 g/mol. The van der Waals surface area contributed by atoms with Crippen LogP contribution < -0.4 is 5.32 Å². The highest BCUT2D eigenvalue weighted by atomic mass is 16.5. The minimum absolute atomic E-state index is 0.0379. The van der Waals surface area contributed by atoms with Crippen LogP contribution in [0.1, 0.15) is 63.5 Å². The fourth-order valence-corrected chi connectivity index (χ4v) is 5.02. The summed E-state index contributed by atoms with van der Waals surface area (Å²) >= 11 is 0.